The summed E-state index contributed by atoms with van der Waals surface area (Å²) in [5.74, 6) is -2.21. The van der Waals surface area contributed by atoms with E-state index >= 15 is 0 Å². The molecule has 0 spiro atoms. The summed E-state index contributed by atoms with van der Waals surface area (Å²) in [5, 5.41) is 0. The lowest BCUT2D eigenvalue weighted by Gasteiger charge is -2.28. The molecule has 1 fully saturated rings. The number of carbonyl (C=O) groups is 1. The highest BCUT2D eigenvalue weighted by molar-refractivity contribution is 5.91. The molecule has 0 aliphatic heterocycles. The van der Waals surface area contributed by atoms with E-state index in [2.05, 4.69) is 6.92 Å². The third-order valence-corrected chi connectivity index (χ3v) is 6.74. The SMILES string of the molecule is CCC1CCC(c2ccc(-c3ccc(C(=O)Oc4ccc(OC)c(F)c4)cc3)c(F)c2F)CC1. The van der Waals surface area contributed by atoms with Gasteiger partial charge in [-0.15, -0.1) is 0 Å². The van der Waals surface area contributed by atoms with E-state index < -0.39 is 23.4 Å². The zero-order valence-electron chi connectivity index (χ0n) is 19.2. The van der Waals surface area contributed by atoms with E-state index in [-0.39, 0.29) is 28.5 Å². The van der Waals surface area contributed by atoms with Crippen LogP contribution in [0.3, 0.4) is 0 Å². The van der Waals surface area contributed by atoms with Gasteiger partial charge in [-0.25, -0.2) is 18.0 Å². The molecule has 0 aromatic heterocycles. The van der Waals surface area contributed by atoms with Crippen molar-refractivity contribution < 1.29 is 27.4 Å². The van der Waals surface area contributed by atoms with Crippen molar-refractivity contribution in [1.29, 1.82) is 0 Å². The summed E-state index contributed by atoms with van der Waals surface area (Å²) < 4.78 is 53.8. The fourth-order valence-electron chi connectivity index (χ4n) is 4.65. The van der Waals surface area contributed by atoms with Crippen LogP contribution in [0, 0.1) is 23.4 Å². The second kappa shape index (κ2) is 10.3. The predicted molar refractivity (Wildman–Crippen MR) is 125 cm³/mol. The Morgan fingerprint density at radius 3 is 2.24 bits per heavy atom. The second-order valence-electron chi connectivity index (χ2n) is 8.72. The molecule has 1 aliphatic rings. The highest BCUT2D eigenvalue weighted by Crippen LogP contribution is 2.39. The number of methoxy groups -OCH3 is 1. The van der Waals surface area contributed by atoms with Gasteiger partial charge >= 0.3 is 5.97 Å². The molecule has 3 nitrogen and oxygen atoms in total. The van der Waals surface area contributed by atoms with E-state index in [9.17, 15) is 18.0 Å². The third kappa shape index (κ3) is 4.96. The van der Waals surface area contributed by atoms with Gasteiger partial charge in [0.2, 0.25) is 0 Å². The fourth-order valence-corrected chi connectivity index (χ4v) is 4.65. The summed E-state index contributed by atoms with van der Waals surface area (Å²) in [6, 6.07) is 13.1. The molecule has 3 aromatic carbocycles. The first-order chi connectivity index (χ1) is 16.4. The van der Waals surface area contributed by atoms with Gasteiger partial charge in [0.25, 0.3) is 0 Å². The Balaban J connectivity index is 1.48. The molecule has 0 radical (unpaired) electrons. The summed E-state index contributed by atoms with van der Waals surface area (Å²) in [5.41, 5.74) is 1.23. The molecule has 0 amide bonds. The first kappa shape index (κ1) is 23.9. The minimum atomic E-state index is -0.876. The van der Waals surface area contributed by atoms with Crippen LogP contribution in [0.1, 0.15) is 60.9 Å². The summed E-state index contributed by atoms with van der Waals surface area (Å²) in [7, 11) is 1.34. The first-order valence-corrected chi connectivity index (χ1v) is 11.5. The molecule has 4 rings (SSSR count). The van der Waals surface area contributed by atoms with Crippen LogP contribution in [0.5, 0.6) is 11.5 Å². The maximum Gasteiger partial charge on any atom is 0.343 e. The Bertz CT molecular complexity index is 1170. The van der Waals surface area contributed by atoms with Crippen molar-refractivity contribution >= 4 is 5.97 Å². The van der Waals surface area contributed by atoms with Crippen molar-refractivity contribution in [2.24, 2.45) is 5.92 Å². The van der Waals surface area contributed by atoms with Crippen LogP contribution in [-0.2, 0) is 0 Å². The van der Waals surface area contributed by atoms with Crippen LogP contribution >= 0.6 is 0 Å². The molecule has 178 valence electrons. The zero-order chi connectivity index (χ0) is 24.2. The lowest BCUT2D eigenvalue weighted by molar-refractivity contribution is 0.0734. The molecule has 0 heterocycles. The Morgan fingerprint density at radius 1 is 0.912 bits per heavy atom. The Morgan fingerprint density at radius 2 is 1.62 bits per heavy atom. The summed E-state index contributed by atoms with van der Waals surface area (Å²) >= 11 is 0. The van der Waals surface area contributed by atoms with Gasteiger partial charge in [-0.1, -0.05) is 37.6 Å². The van der Waals surface area contributed by atoms with Crippen molar-refractivity contribution in [3.05, 3.63) is 83.2 Å². The highest BCUT2D eigenvalue weighted by atomic mass is 19.2. The predicted octanol–water partition coefficient (Wildman–Crippen LogP) is 7.68. The molecule has 0 bridgehead atoms. The minimum Gasteiger partial charge on any atom is -0.494 e. The summed E-state index contributed by atoms with van der Waals surface area (Å²) in [4.78, 5) is 12.4. The molecular formula is C28H27F3O3. The van der Waals surface area contributed by atoms with E-state index in [0.717, 1.165) is 38.2 Å². The maximum absolute atomic E-state index is 15.0. The number of ether oxygens (including phenoxy) is 2. The molecule has 6 heteroatoms. The van der Waals surface area contributed by atoms with E-state index in [4.69, 9.17) is 9.47 Å². The number of carbonyl (C=O) groups excluding carboxylic acids is 1. The fraction of sp³-hybridized carbons (Fsp3) is 0.321. The van der Waals surface area contributed by atoms with Gasteiger partial charge in [0, 0.05) is 11.6 Å². The number of esters is 1. The smallest absolute Gasteiger partial charge is 0.343 e. The topological polar surface area (TPSA) is 35.5 Å². The molecule has 34 heavy (non-hydrogen) atoms. The normalized spacial score (nSPS) is 17.9. The highest BCUT2D eigenvalue weighted by Gasteiger charge is 2.26. The van der Waals surface area contributed by atoms with Crippen LogP contribution in [-0.4, -0.2) is 13.1 Å². The van der Waals surface area contributed by atoms with E-state index in [0.29, 0.717) is 17.0 Å². The maximum atomic E-state index is 15.0. The largest absolute Gasteiger partial charge is 0.494 e. The third-order valence-electron chi connectivity index (χ3n) is 6.74. The average molecular weight is 469 g/mol. The van der Waals surface area contributed by atoms with Crippen molar-refractivity contribution in [1.82, 2.24) is 0 Å². The molecule has 0 unspecified atom stereocenters. The van der Waals surface area contributed by atoms with Crippen molar-refractivity contribution in [2.45, 2.75) is 44.9 Å². The second-order valence-corrected chi connectivity index (χ2v) is 8.72. The van der Waals surface area contributed by atoms with E-state index in [1.54, 1.807) is 12.1 Å². The van der Waals surface area contributed by atoms with Gasteiger partial charge in [-0.3, -0.25) is 0 Å². The first-order valence-electron chi connectivity index (χ1n) is 11.5. The molecule has 1 saturated carbocycles. The summed E-state index contributed by atoms with van der Waals surface area (Å²) in [6.07, 6.45) is 4.98. The van der Waals surface area contributed by atoms with Gasteiger partial charge in [0.1, 0.15) is 5.75 Å². The molecule has 3 aromatic rings. The van der Waals surface area contributed by atoms with E-state index in [1.807, 2.05) is 0 Å². The summed E-state index contributed by atoms with van der Waals surface area (Å²) in [6.45, 7) is 2.17. The van der Waals surface area contributed by atoms with Gasteiger partial charge < -0.3 is 9.47 Å². The van der Waals surface area contributed by atoms with Gasteiger partial charge in [-0.05, 0) is 72.9 Å². The molecule has 0 atom stereocenters. The van der Waals surface area contributed by atoms with Crippen LogP contribution in [0.25, 0.3) is 11.1 Å². The number of hydrogen-bond acceptors (Lipinski definition) is 3. The Labute approximate surface area is 197 Å². The van der Waals surface area contributed by atoms with Crippen LogP contribution in [0.2, 0.25) is 0 Å². The quantitative estimate of drug-likeness (QED) is 0.275. The Kier molecular flexibility index (Phi) is 7.25. The number of rotatable bonds is 6. The van der Waals surface area contributed by atoms with Crippen molar-refractivity contribution in [3.63, 3.8) is 0 Å². The van der Waals surface area contributed by atoms with Gasteiger partial charge in [-0.2, -0.15) is 0 Å². The average Bonchev–Trinajstić information content (AvgIpc) is 2.86. The van der Waals surface area contributed by atoms with Gasteiger partial charge in [0.15, 0.2) is 23.2 Å². The lowest BCUT2D eigenvalue weighted by atomic mass is 9.77. The van der Waals surface area contributed by atoms with Gasteiger partial charge in [0.05, 0.1) is 12.7 Å². The molecule has 0 saturated heterocycles. The number of hydrogen-bond donors (Lipinski definition) is 0. The molecule has 0 N–H and O–H groups in total. The van der Waals surface area contributed by atoms with Crippen LogP contribution < -0.4 is 9.47 Å². The van der Waals surface area contributed by atoms with Crippen LogP contribution in [0.4, 0.5) is 13.2 Å². The zero-order valence-corrected chi connectivity index (χ0v) is 19.2. The minimum absolute atomic E-state index is 0.0315. The van der Waals surface area contributed by atoms with E-state index in [1.165, 1.54) is 43.5 Å². The lowest BCUT2D eigenvalue weighted by Crippen LogP contribution is -2.14. The molecule has 1 aliphatic carbocycles. The van der Waals surface area contributed by atoms with Crippen molar-refractivity contribution in [2.75, 3.05) is 7.11 Å². The standard InChI is InChI=1S/C28H27F3O3/c1-3-17-4-6-18(7-5-17)22-13-14-23(27(31)26(22)30)19-8-10-20(11-9-19)28(32)34-21-12-15-25(33-2)24(29)16-21/h8-18H,3-7H2,1-2H3. The Hall–Kier alpha value is -3.28. The van der Waals surface area contributed by atoms with Crippen LogP contribution in [0.15, 0.2) is 54.6 Å². The number of benzene rings is 3. The molecular weight excluding hydrogens is 441 g/mol. The monoisotopic (exact) mass is 468 g/mol. The van der Waals surface area contributed by atoms with Crippen molar-refractivity contribution in [3.8, 4) is 22.6 Å². The number of halogens is 3.